The Labute approximate surface area is 271 Å². The predicted octanol–water partition coefficient (Wildman–Crippen LogP) is 8.00. The van der Waals surface area contributed by atoms with Gasteiger partial charge in [-0.2, -0.15) is 4.67 Å². The first-order valence-electron chi connectivity index (χ1n) is 14.1. The monoisotopic (exact) mass is 781 g/mol. The van der Waals surface area contributed by atoms with E-state index in [1.165, 1.54) is 48.0 Å². The molecule has 1 atom stereocenters. The van der Waals surface area contributed by atoms with E-state index < -0.39 is 16.4 Å². The molecule has 0 heterocycles. The summed E-state index contributed by atoms with van der Waals surface area (Å²) in [6, 6.07) is 42.5. The average molecular weight is 781 g/mol. The Bertz CT molecular complexity index is 1100. The van der Waals surface area contributed by atoms with E-state index in [-0.39, 0.29) is 47.0 Å². The first-order chi connectivity index (χ1) is 19.1. The third-order valence-corrected chi connectivity index (χ3v) is 11.3. The van der Waals surface area contributed by atoms with Gasteiger partial charge in [0.1, 0.15) is 15.9 Å². The molecule has 2 N–H and O–H groups in total. The Morgan fingerprint density at radius 1 is 0.571 bits per heavy atom. The minimum atomic E-state index is -2.47. The quantitative estimate of drug-likeness (QED) is 0.148. The number of hydrogen-bond acceptors (Lipinski definition) is 3. The van der Waals surface area contributed by atoms with E-state index in [1.807, 2.05) is 35.0 Å². The minimum absolute atomic E-state index is 0. The summed E-state index contributed by atoms with van der Waals surface area (Å²) in [4.78, 5) is 19.8. The molecule has 0 spiro atoms. The van der Waals surface area contributed by atoms with Crippen LogP contribution in [0.3, 0.4) is 0 Å². The molecule has 5 rings (SSSR count). The van der Waals surface area contributed by atoms with Crippen molar-refractivity contribution in [2.45, 2.75) is 57.0 Å². The van der Waals surface area contributed by atoms with Gasteiger partial charge >= 0.3 is 28.6 Å². The maximum Gasteiger partial charge on any atom is 3.00 e. The fourth-order valence-corrected chi connectivity index (χ4v) is 9.01. The van der Waals surface area contributed by atoms with Crippen molar-refractivity contribution in [3.05, 3.63) is 149 Å². The molecule has 0 amide bonds. The molecule has 4 aromatic carbocycles. The van der Waals surface area contributed by atoms with Gasteiger partial charge < -0.3 is 21.8 Å². The Balaban J connectivity index is 0.000000392. The van der Waals surface area contributed by atoms with Crippen LogP contribution in [-0.2, 0) is 20.1 Å². The van der Waals surface area contributed by atoms with Gasteiger partial charge in [0.15, 0.2) is 0 Å². The van der Waals surface area contributed by atoms with Crippen molar-refractivity contribution < 1.29 is 29.9 Å². The SMILES string of the molecule is [CH2-][C@H](c1ccccc1)N(C1CCCCCCC1)[PH+](O)O.[CH3-].[CH3-].[Ir+3].c1ccc([PH+](c2ccccc2)c2ccccc2)cc1. The van der Waals surface area contributed by atoms with Crippen molar-refractivity contribution >= 4 is 32.4 Å². The number of nitrogens with zero attached hydrogens (tertiary/aromatic N) is 1. The molecular formula is C36H48IrNO2P2+2. The van der Waals surface area contributed by atoms with Gasteiger partial charge in [0.25, 0.3) is 0 Å². The molecule has 42 heavy (non-hydrogen) atoms. The summed E-state index contributed by atoms with van der Waals surface area (Å²) < 4.78 is 1.87. The zero-order valence-electron chi connectivity index (χ0n) is 25.0. The Kier molecular flexibility index (Phi) is 19.2. The van der Waals surface area contributed by atoms with Gasteiger partial charge in [-0.05, 0) is 49.2 Å². The number of rotatable bonds is 7. The van der Waals surface area contributed by atoms with Crippen molar-refractivity contribution in [3.8, 4) is 0 Å². The van der Waals surface area contributed by atoms with Gasteiger partial charge in [-0.3, -0.25) is 0 Å². The summed E-state index contributed by atoms with van der Waals surface area (Å²) in [5, 5.41) is 4.31. The maximum absolute atomic E-state index is 9.90. The van der Waals surface area contributed by atoms with E-state index in [4.69, 9.17) is 0 Å². The molecule has 0 aromatic heterocycles. The first-order valence-corrected chi connectivity index (χ1v) is 16.9. The topological polar surface area (TPSA) is 43.7 Å². The molecule has 6 heteroatoms. The van der Waals surface area contributed by atoms with Crippen LogP contribution in [0, 0.1) is 21.8 Å². The second-order valence-corrected chi connectivity index (χ2v) is 13.7. The van der Waals surface area contributed by atoms with E-state index in [0.29, 0.717) is 0 Å². The predicted molar refractivity (Wildman–Crippen MR) is 185 cm³/mol. The maximum atomic E-state index is 9.90. The Morgan fingerprint density at radius 3 is 1.26 bits per heavy atom. The molecule has 0 radical (unpaired) electrons. The van der Waals surface area contributed by atoms with E-state index in [1.54, 1.807) is 0 Å². The number of hydrogen-bond donors (Lipinski definition) is 2. The molecule has 0 saturated heterocycles. The molecule has 1 aliphatic rings. The Morgan fingerprint density at radius 2 is 0.905 bits per heavy atom. The van der Waals surface area contributed by atoms with Crippen LogP contribution >= 0.6 is 16.4 Å². The fraction of sp³-hybridized carbons (Fsp3) is 0.250. The molecule has 0 bridgehead atoms. The number of benzene rings is 4. The fourth-order valence-electron chi connectivity index (χ4n) is 5.42. The van der Waals surface area contributed by atoms with Crippen molar-refractivity contribution in [1.29, 1.82) is 0 Å². The summed E-state index contributed by atoms with van der Waals surface area (Å²) >= 11 is 0. The molecule has 226 valence electrons. The van der Waals surface area contributed by atoms with Crippen LogP contribution in [-0.4, -0.2) is 20.5 Å². The van der Waals surface area contributed by atoms with Gasteiger partial charge in [0.2, 0.25) is 0 Å². The standard InChI is InChI=1S/C18H15P.C16H25NO2P.2CH3.Ir/c1-4-10-16(11-5-1)19(17-12-6-2-7-13-17)18-14-8-3-9-15-18;1-14(15-10-6-5-7-11-15)17(20(18)19)16-12-8-3-2-4-9-13-16;;;/h1-15H;5-7,10-11,14,16,18-19H,1-4,8-9,12-13H2;2*1H3;/q;3*-1;+3/p+2/t;14-;;;/m.1.../s1. The Hall–Kier alpha value is -1.73. The molecule has 4 aromatic rings. The van der Waals surface area contributed by atoms with Crippen LogP contribution in [0.15, 0.2) is 121 Å². The summed E-state index contributed by atoms with van der Waals surface area (Å²) in [5.74, 6) is 0. The summed E-state index contributed by atoms with van der Waals surface area (Å²) in [7, 11) is -3.35. The van der Waals surface area contributed by atoms with Gasteiger partial charge in [-0.25, -0.2) is 9.79 Å². The molecule has 3 nitrogen and oxygen atoms in total. The van der Waals surface area contributed by atoms with Crippen LogP contribution in [0.1, 0.15) is 56.6 Å². The summed E-state index contributed by atoms with van der Waals surface area (Å²) in [6.07, 6.45) is 8.29. The van der Waals surface area contributed by atoms with Crippen molar-refractivity contribution in [2.24, 2.45) is 0 Å². The molecule has 0 unspecified atom stereocenters. The van der Waals surface area contributed by atoms with E-state index in [0.717, 1.165) is 18.4 Å². The first kappa shape index (κ1) is 38.3. The van der Waals surface area contributed by atoms with Crippen LogP contribution < -0.4 is 15.9 Å². The smallest absolute Gasteiger partial charge is 0.358 e. The zero-order valence-corrected chi connectivity index (χ0v) is 29.4. The largest absolute Gasteiger partial charge is 3.00 e. The summed E-state index contributed by atoms with van der Waals surface area (Å²) in [6.45, 7) is 4.19. The normalized spacial score (nSPS) is 14.2. The van der Waals surface area contributed by atoms with E-state index in [9.17, 15) is 9.79 Å². The third-order valence-electron chi connectivity index (χ3n) is 7.41. The van der Waals surface area contributed by atoms with Crippen LogP contribution in [0.5, 0.6) is 0 Å². The summed E-state index contributed by atoms with van der Waals surface area (Å²) in [5.41, 5.74) is 1.06. The molecule has 1 aliphatic carbocycles. The van der Waals surface area contributed by atoms with Crippen LogP contribution in [0.2, 0.25) is 0 Å². The molecule has 1 saturated carbocycles. The van der Waals surface area contributed by atoms with Crippen LogP contribution in [0.4, 0.5) is 0 Å². The second-order valence-electron chi connectivity index (χ2n) is 10.1. The van der Waals surface area contributed by atoms with Crippen LogP contribution in [0.25, 0.3) is 0 Å². The average Bonchev–Trinajstić information content (AvgIpc) is 2.97. The minimum Gasteiger partial charge on any atom is -0.358 e. The van der Waals surface area contributed by atoms with Crippen molar-refractivity contribution in [1.82, 2.24) is 4.67 Å². The zero-order chi connectivity index (χ0) is 27.3. The third kappa shape index (κ3) is 11.4. The van der Waals surface area contributed by atoms with E-state index >= 15 is 0 Å². The molecular weight excluding hydrogens is 733 g/mol. The second kappa shape index (κ2) is 21.1. The van der Waals surface area contributed by atoms with Gasteiger partial charge in [-0.1, -0.05) is 129 Å². The van der Waals surface area contributed by atoms with E-state index in [2.05, 4.69) is 97.9 Å². The van der Waals surface area contributed by atoms with Gasteiger partial charge in [0, 0.05) is 6.04 Å². The molecule has 0 aliphatic heterocycles. The van der Waals surface area contributed by atoms with Crippen molar-refractivity contribution in [2.75, 3.05) is 0 Å². The van der Waals surface area contributed by atoms with Gasteiger partial charge in [0.05, 0.1) is 7.92 Å². The van der Waals surface area contributed by atoms with Crippen molar-refractivity contribution in [3.63, 3.8) is 0 Å². The van der Waals surface area contributed by atoms with Gasteiger partial charge in [-0.15, -0.1) is 0 Å². The molecule has 1 fully saturated rings.